The van der Waals surface area contributed by atoms with E-state index in [1.807, 2.05) is 12.1 Å². The Morgan fingerprint density at radius 1 is 1.15 bits per heavy atom. The maximum absolute atomic E-state index is 12.5. The van der Waals surface area contributed by atoms with E-state index in [1.165, 1.54) is 22.5 Å². The van der Waals surface area contributed by atoms with Gasteiger partial charge in [-0.25, -0.2) is 8.42 Å². The Labute approximate surface area is 178 Å². The summed E-state index contributed by atoms with van der Waals surface area (Å²) >= 11 is 8.32. The number of ether oxygens (including phenoxy) is 1. The molecule has 0 bridgehead atoms. The van der Waals surface area contributed by atoms with E-state index in [9.17, 15) is 13.2 Å². The third kappa shape index (κ3) is 5.81. The van der Waals surface area contributed by atoms with Crippen LogP contribution in [0.15, 0.2) is 47.4 Å². The molecule has 0 aliphatic carbocycles. The lowest BCUT2D eigenvalue weighted by atomic mass is 10.3. The van der Waals surface area contributed by atoms with Crippen LogP contribution >= 0.6 is 34.2 Å². The van der Waals surface area contributed by atoms with Crippen LogP contribution in [0, 0.1) is 3.57 Å². The summed E-state index contributed by atoms with van der Waals surface area (Å²) in [7, 11) is -3.60. The Bertz CT molecular complexity index is 900. The number of hydrogen-bond acceptors (Lipinski definition) is 4. The summed E-state index contributed by atoms with van der Waals surface area (Å²) in [6.45, 7) is 4.04. The lowest BCUT2D eigenvalue weighted by Crippen LogP contribution is -2.30. The molecule has 0 heterocycles. The van der Waals surface area contributed by atoms with Gasteiger partial charge in [0.2, 0.25) is 10.0 Å². The number of amides is 1. The second-order valence-corrected chi connectivity index (χ2v) is 9.12. The van der Waals surface area contributed by atoms with E-state index in [2.05, 4.69) is 27.9 Å². The number of benzene rings is 2. The van der Waals surface area contributed by atoms with E-state index in [1.54, 1.807) is 26.0 Å². The van der Waals surface area contributed by atoms with Crippen LogP contribution in [0.3, 0.4) is 0 Å². The van der Waals surface area contributed by atoms with E-state index in [0.717, 1.165) is 3.57 Å². The van der Waals surface area contributed by atoms with Crippen molar-refractivity contribution in [1.29, 1.82) is 0 Å². The molecule has 2 aromatic carbocycles. The molecule has 0 aromatic heterocycles. The number of hydrogen-bond donors (Lipinski definition) is 1. The lowest BCUT2D eigenvalue weighted by molar-refractivity contribution is -0.118. The maximum atomic E-state index is 12.5. The fourth-order valence-corrected chi connectivity index (χ4v) is 4.49. The summed E-state index contributed by atoms with van der Waals surface area (Å²) in [4.78, 5) is 12.1. The smallest absolute Gasteiger partial charge is 0.262 e. The topological polar surface area (TPSA) is 75.7 Å². The van der Waals surface area contributed by atoms with E-state index in [0.29, 0.717) is 18.8 Å². The highest BCUT2D eigenvalue weighted by Gasteiger charge is 2.22. The number of nitrogens with one attached hydrogen (secondary N) is 1. The van der Waals surface area contributed by atoms with Gasteiger partial charge in [0.1, 0.15) is 5.75 Å². The Morgan fingerprint density at radius 3 is 2.33 bits per heavy atom. The van der Waals surface area contributed by atoms with Crippen LogP contribution in [0.25, 0.3) is 0 Å². The molecule has 27 heavy (non-hydrogen) atoms. The Morgan fingerprint density at radius 2 is 1.78 bits per heavy atom. The lowest BCUT2D eigenvalue weighted by Gasteiger charge is -2.19. The predicted octanol–water partition coefficient (Wildman–Crippen LogP) is 3.99. The molecule has 0 aliphatic heterocycles. The van der Waals surface area contributed by atoms with Gasteiger partial charge < -0.3 is 10.1 Å². The van der Waals surface area contributed by atoms with Gasteiger partial charge >= 0.3 is 0 Å². The summed E-state index contributed by atoms with van der Waals surface area (Å²) in [5, 5.41) is 2.84. The van der Waals surface area contributed by atoms with Crippen molar-refractivity contribution in [3.63, 3.8) is 0 Å². The molecule has 0 spiro atoms. The molecule has 0 atom stereocenters. The summed E-state index contributed by atoms with van der Waals surface area (Å²) in [6, 6.07) is 11.6. The number of rotatable bonds is 8. The van der Waals surface area contributed by atoms with Crippen molar-refractivity contribution < 1.29 is 17.9 Å². The average Bonchev–Trinajstić information content (AvgIpc) is 2.63. The van der Waals surface area contributed by atoms with E-state index < -0.39 is 10.0 Å². The third-order valence-electron chi connectivity index (χ3n) is 3.73. The van der Waals surface area contributed by atoms with Crippen molar-refractivity contribution in [3.8, 4) is 5.75 Å². The average molecular weight is 523 g/mol. The summed E-state index contributed by atoms with van der Waals surface area (Å²) in [5.41, 5.74) is 0.663. The van der Waals surface area contributed by atoms with Crippen molar-refractivity contribution in [2.75, 3.05) is 25.0 Å². The molecule has 9 heteroatoms. The van der Waals surface area contributed by atoms with Gasteiger partial charge in [-0.15, -0.1) is 0 Å². The van der Waals surface area contributed by atoms with Crippen LogP contribution < -0.4 is 10.1 Å². The maximum Gasteiger partial charge on any atom is 0.262 e. The van der Waals surface area contributed by atoms with Gasteiger partial charge in [-0.2, -0.15) is 4.31 Å². The van der Waals surface area contributed by atoms with Crippen LogP contribution in [0.4, 0.5) is 5.69 Å². The van der Waals surface area contributed by atoms with E-state index >= 15 is 0 Å². The van der Waals surface area contributed by atoms with Crippen molar-refractivity contribution in [2.24, 2.45) is 0 Å². The third-order valence-corrected chi connectivity index (χ3v) is 6.79. The Kier molecular flexibility index (Phi) is 7.90. The van der Waals surface area contributed by atoms with Crippen LogP contribution in [-0.2, 0) is 14.8 Å². The zero-order valence-corrected chi connectivity index (χ0v) is 18.6. The van der Waals surface area contributed by atoms with Gasteiger partial charge in [0.15, 0.2) is 6.61 Å². The number of carbonyl (C=O) groups excluding carboxylic acids is 1. The Hall–Kier alpha value is -1.36. The van der Waals surface area contributed by atoms with Crippen LogP contribution in [0.5, 0.6) is 5.75 Å². The molecule has 1 amide bonds. The van der Waals surface area contributed by atoms with Gasteiger partial charge in [-0.1, -0.05) is 25.4 Å². The fraction of sp³-hybridized carbons (Fsp3) is 0.278. The minimum atomic E-state index is -3.60. The molecular weight excluding hydrogens is 503 g/mol. The minimum absolute atomic E-state index is 0.0897. The number of anilines is 1. The highest BCUT2D eigenvalue weighted by Crippen LogP contribution is 2.28. The molecule has 1 N–H and O–H groups in total. The van der Waals surface area contributed by atoms with Crippen molar-refractivity contribution in [3.05, 3.63) is 51.1 Å². The van der Waals surface area contributed by atoms with Crippen LogP contribution in [-0.4, -0.2) is 38.3 Å². The van der Waals surface area contributed by atoms with Crippen molar-refractivity contribution in [1.82, 2.24) is 4.31 Å². The first kappa shape index (κ1) is 21.9. The number of nitrogens with zero attached hydrogens (tertiary/aromatic N) is 1. The van der Waals surface area contributed by atoms with Crippen LogP contribution in [0.1, 0.15) is 13.8 Å². The Balaban J connectivity index is 2.03. The van der Waals surface area contributed by atoms with Gasteiger partial charge in [-0.3, -0.25) is 4.79 Å². The summed E-state index contributed by atoms with van der Waals surface area (Å²) in [6.07, 6.45) is 0. The normalized spacial score (nSPS) is 11.4. The van der Waals surface area contributed by atoms with Crippen LogP contribution in [0.2, 0.25) is 5.02 Å². The quantitative estimate of drug-likeness (QED) is 0.532. The highest BCUT2D eigenvalue weighted by molar-refractivity contribution is 14.1. The molecule has 0 saturated heterocycles. The fourth-order valence-electron chi connectivity index (χ4n) is 2.35. The largest absolute Gasteiger partial charge is 0.482 e. The zero-order chi connectivity index (χ0) is 20.0. The van der Waals surface area contributed by atoms with Gasteiger partial charge in [0.25, 0.3) is 5.91 Å². The molecule has 0 aliphatic rings. The first-order valence-electron chi connectivity index (χ1n) is 8.25. The zero-order valence-electron chi connectivity index (χ0n) is 14.9. The van der Waals surface area contributed by atoms with Gasteiger partial charge in [0, 0.05) is 22.3 Å². The monoisotopic (exact) mass is 522 g/mol. The van der Waals surface area contributed by atoms with E-state index in [-0.39, 0.29) is 28.2 Å². The highest BCUT2D eigenvalue weighted by atomic mass is 127. The minimum Gasteiger partial charge on any atom is -0.482 e. The summed E-state index contributed by atoms with van der Waals surface area (Å²) < 4.78 is 32.9. The molecule has 2 aromatic rings. The molecule has 0 fully saturated rings. The first-order valence-corrected chi connectivity index (χ1v) is 11.2. The second-order valence-electron chi connectivity index (χ2n) is 5.53. The van der Waals surface area contributed by atoms with E-state index in [4.69, 9.17) is 16.3 Å². The van der Waals surface area contributed by atoms with Crippen molar-refractivity contribution >= 4 is 55.8 Å². The predicted molar refractivity (Wildman–Crippen MR) is 115 cm³/mol. The second kappa shape index (κ2) is 9.72. The number of carbonyl (C=O) groups is 1. The molecule has 0 saturated carbocycles. The first-order chi connectivity index (χ1) is 12.8. The van der Waals surface area contributed by atoms with Gasteiger partial charge in [0.05, 0.1) is 9.92 Å². The van der Waals surface area contributed by atoms with Crippen molar-refractivity contribution in [2.45, 2.75) is 18.7 Å². The van der Waals surface area contributed by atoms with Gasteiger partial charge in [-0.05, 0) is 65.1 Å². The summed E-state index contributed by atoms with van der Waals surface area (Å²) in [5.74, 6) is -0.0972. The molecule has 6 nitrogen and oxygen atoms in total. The molecule has 0 radical (unpaired) electrons. The molecule has 0 unspecified atom stereocenters. The number of halogens is 2. The molecule has 146 valence electrons. The standard InChI is InChI=1S/C18H20ClIN2O4S/c1-3-22(4-2)27(24,25)15-9-10-17(16(19)11-15)26-12-18(23)21-14-7-5-13(20)6-8-14/h5-11H,3-4,12H2,1-2H3,(H,21,23). The SMILES string of the molecule is CCN(CC)S(=O)(=O)c1ccc(OCC(=O)Nc2ccc(I)cc2)c(Cl)c1. The molecule has 2 rings (SSSR count). The number of sulfonamides is 1. The molecular formula is C18H20ClIN2O4S.